The minimum atomic E-state index is -0.151. The van der Waals surface area contributed by atoms with Crippen molar-refractivity contribution in [1.29, 1.82) is 0 Å². The Bertz CT molecular complexity index is 397. The molecular formula is C14H22N2O2. The lowest BCUT2D eigenvalue weighted by atomic mass is 9.87. The summed E-state index contributed by atoms with van der Waals surface area (Å²) in [6.45, 7) is 7.35. The maximum absolute atomic E-state index is 11.4. The van der Waals surface area contributed by atoms with Crippen molar-refractivity contribution in [3.8, 4) is 5.75 Å². The quantitative estimate of drug-likeness (QED) is 0.831. The summed E-state index contributed by atoms with van der Waals surface area (Å²) in [5.74, 6) is 0.562. The number of carbonyl (C=O) groups excluding carboxylic acids is 1. The highest BCUT2D eigenvalue weighted by molar-refractivity contribution is 5.77. The van der Waals surface area contributed by atoms with Gasteiger partial charge in [-0.15, -0.1) is 0 Å². The normalized spacial score (nSPS) is 11.1. The van der Waals surface area contributed by atoms with Crippen molar-refractivity contribution in [2.24, 2.45) is 5.73 Å². The summed E-state index contributed by atoms with van der Waals surface area (Å²) < 4.78 is 5.45. The van der Waals surface area contributed by atoms with E-state index < -0.39 is 0 Å². The van der Waals surface area contributed by atoms with Crippen LogP contribution in [-0.2, 0) is 10.2 Å². The summed E-state index contributed by atoms with van der Waals surface area (Å²) in [5, 5.41) is 2.66. The molecular weight excluding hydrogens is 228 g/mol. The van der Waals surface area contributed by atoms with E-state index in [9.17, 15) is 4.79 Å². The van der Waals surface area contributed by atoms with E-state index >= 15 is 0 Å². The fourth-order valence-corrected chi connectivity index (χ4v) is 1.46. The Morgan fingerprint density at radius 2 is 2.11 bits per heavy atom. The minimum absolute atomic E-state index is 0.0214. The third-order valence-electron chi connectivity index (χ3n) is 2.54. The van der Waals surface area contributed by atoms with Crippen LogP contribution in [0.15, 0.2) is 24.3 Å². The number of hydrogen-bond acceptors (Lipinski definition) is 3. The molecule has 18 heavy (non-hydrogen) atoms. The molecule has 0 saturated carbocycles. The summed E-state index contributed by atoms with van der Waals surface area (Å²) in [4.78, 5) is 11.4. The van der Waals surface area contributed by atoms with Crippen LogP contribution in [0.2, 0.25) is 0 Å². The molecule has 0 saturated heterocycles. The van der Waals surface area contributed by atoms with Gasteiger partial charge in [-0.3, -0.25) is 4.79 Å². The lowest BCUT2D eigenvalue weighted by Crippen LogP contribution is -2.32. The standard InChI is InChI=1S/C14H22N2O2/c1-14(2,3)11-5-4-6-12(9-11)18-10-13(17)16-8-7-15/h4-6,9H,7-8,10,15H2,1-3H3,(H,16,17). The first kappa shape index (κ1) is 14.5. The van der Waals surface area contributed by atoms with Crippen molar-refractivity contribution in [3.63, 3.8) is 0 Å². The van der Waals surface area contributed by atoms with Gasteiger partial charge in [0.1, 0.15) is 5.75 Å². The van der Waals surface area contributed by atoms with Crippen LogP contribution in [-0.4, -0.2) is 25.6 Å². The van der Waals surface area contributed by atoms with Crippen molar-refractivity contribution in [3.05, 3.63) is 29.8 Å². The van der Waals surface area contributed by atoms with Crippen LogP contribution in [0.4, 0.5) is 0 Å². The lowest BCUT2D eigenvalue weighted by Gasteiger charge is -2.19. The average molecular weight is 250 g/mol. The zero-order chi connectivity index (χ0) is 13.6. The van der Waals surface area contributed by atoms with E-state index in [2.05, 4.69) is 32.2 Å². The molecule has 0 fully saturated rings. The second kappa shape index (κ2) is 6.40. The molecule has 0 bridgehead atoms. The summed E-state index contributed by atoms with van der Waals surface area (Å²) >= 11 is 0. The first-order chi connectivity index (χ1) is 8.43. The minimum Gasteiger partial charge on any atom is -0.484 e. The number of nitrogens with two attached hydrogens (primary N) is 1. The molecule has 0 aliphatic heterocycles. The van der Waals surface area contributed by atoms with E-state index in [1.165, 1.54) is 5.56 Å². The summed E-state index contributed by atoms with van der Waals surface area (Å²) in [6, 6.07) is 7.82. The van der Waals surface area contributed by atoms with Gasteiger partial charge in [-0.1, -0.05) is 32.9 Å². The molecule has 0 aliphatic carbocycles. The fourth-order valence-electron chi connectivity index (χ4n) is 1.46. The highest BCUT2D eigenvalue weighted by Gasteiger charge is 2.14. The van der Waals surface area contributed by atoms with Gasteiger partial charge in [-0.2, -0.15) is 0 Å². The largest absolute Gasteiger partial charge is 0.484 e. The molecule has 1 aromatic rings. The zero-order valence-corrected chi connectivity index (χ0v) is 11.3. The van der Waals surface area contributed by atoms with E-state index in [0.29, 0.717) is 18.8 Å². The molecule has 1 rings (SSSR count). The van der Waals surface area contributed by atoms with E-state index in [-0.39, 0.29) is 17.9 Å². The fraction of sp³-hybridized carbons (Fsp3) is 0.500. The number of benzene rings is 1. The van der Waals surface area contributed by atoms with Gasteiger partial charge < -0.3 is 15.8 Å². The number of hydrogen-bond donors (Lipinski definition) is 2. The Morgan fingerprint density at radius 1 is 1.39 bits per heavy atom. The topological polar surface area (TPSA) is 64.3 Å². The highest BCUT2D eigenvalue weighted by Crippen LogP contribution is 2.25. The molecule has 1 aromatic carbocycles. The van der Waals surface area contributed by atoms with Crippen molar-refractivity contribution in [1.82, 2.24) is 5.32 Å². The van der Waals surface area contributed by atoms with Gasteiger partial charge in [0.15, 0.2) is 6.61 Å². The van der Waals surface area contributed by atoms with Crippen LogP contribution in [0, 0.1) is 0 Å². The Kier molecular flexibility index (Phi) is 5.16. The zero-order valence-electron chi connectivity index (χ0n) is 11.3. The molecule has 0 aliphatic rings. The second-order valence-corrected chi connectivity index (χ2v) is 5.21. The van der Waals surface area contributed by atoms with Gasteiger partial charge in [0.05, 0.1) is 0 Å². The van der Waals surface area contributed by atoms with Gasteiger partial charge in [0.2, 0.25) is 0 Å². The Hall–Kier alpha value is -1.55. The lowest BCUT2D eigenvalue weighted by molar-refractivity contribution is -0.123. The number of carbonyl (C=O) groups is 1. The summed E-state index contributed by atoms with van der Waals surface area (Å²) in [7, 11) is 0. The van der Waals surface area contributed by atoms with Crippen LogP contribution in [0.25, 0.3) is 0 Å². The molecule has 0 radical (unpaired) electrons. The number of ether oxygens (including phenoxy) is 1. The Balaban J connectivity index is 2.55. The van der Waals surface area contributed by atoms with Crippen LogP contribution >= 0.6 is 0 Å². The molecule has 4 nitrogen and oxygen atoms in total. The predicted molar refractivity (Wildman–Crippen MR) is 72.7 cm³/mol. The van der Waals surface area contributed by atoms with Gasteiger partial charge in [-0.25, -0.2) is 0 Å². The smallest absolute Gasteiger partial charge is 0.257 e. The average Bonchev–Trinajstić information content (AvgIpc) is 2.33. The first-order valence-electron chi connectivity index (χ1n) is 6.13. The Morgan fingerprint density at radius 3 is 2.72 bits per heavy atom. The van der Waals surface area contributed by atoms with E-state index in [1.54, 1.807) is 0 Å². The number of nitrogens with one attached hydrogen (secondary N) is 1. The molecule has 100 valence electrons. The third kappa shape index (κ3) is 4.75. The van der Waals surface area contributed by atoms with Gasteiger partial charge in [0.25, 0.3) is 5.91 Å². The van der Waals surface area contributed by atoms with Gasteiger partial charge in [0, 0.05) is 13.1 Å². The van der Waals surface area contributed by atoms with Gasteiger partial charge in [-0.05, 0) is 23.1 Å². The second-order valence-electron chi connectivity index (χ2n) is 5.21. The van der Waals surface area contributed by atoms with Crippen LogP contribution in [0.5, 0.6) is 5.75 Å². The van der Waals surface area contributed by atoms with Crippen molar-refractivity contribution in [2.75, 3.05) is 19.7 Å². The molecule has 0 atom stereocenters. The maximum atomic E-state index is 11.4. The monoisotopic (exact) mass is 250 g/mol. The van der Waals surface area contributed by atoms with E-state index in [4.69, 9.17) is 10.5 Å². The molecule has 1 amide bonds. The molecule has 4 heteroatoms. The number of rotatable bonds is 5. The van der Waals surface area contributed by atoms with E-state index in [1.807, 2.05) is 18.2 Å². The van der Waals surface area contributed by atoms with Crippen molar-refractivity contribution >= 4 is 5.91 Å². The van der Waals surface area contributed by atoms with Crippen LogP contribution in [0.1, 0.15) is 26.3 Å². The SMILES string of the molecule is CC(C)(C)c1cccc(OCC(=O)NCCN)c1. The van der Waals surface area contributed by atoms with Crippen LogP contribution < -0.4 is 15.8 Å². The van der Waals surface area contributed by atoms with Crippen LogP contribution in [0.3, 0.4) is 0 Å². The summed E-state index contributed by atoms with van der Waals surface area (Å²) in [6.07, 6.45) is 0. The predicted octanol–water partition coefficient (Wildman–Crippen LogP) is 1.44. The van der Waals surface area contributed by atoms with Crippen molar-refractivity contribution < 1.29 is 9.53 Å². The molecule has 0 unspecified atom stereocenters. The van der Waals surface area contributed by atoms with E-state index in [0.717, 1.165) is 0 Å². The first-order valence-corrected chi connectivity index (χ1v) is 6.13. The molecule has 0 spiro atoms. The number of amides is 1. The van der Waals surface area contributed by atoms with Crippen molar-refractivity contribution in [2.45, 2.75) is 26.2 Å². The molecule has 0 aromatic heterocycles. The maximum Gasteiger partial charge on any atom is 0.257 e. The third-order valence-corrected chi connectivity index (χ3v) is 2.54. The summed E-state index contributed by atoms with van der Waals surface area (Å²) in [5.41, 5.74) is 6.55. The molecule has 0 heterocycles. The Labute approximate surface area is 109 Å². The highest BCUT2D eigenvalue weighted by atomic mass is 16.5. The van der Waals surface area contributed by atoms with Gasteiger partial charge >= 0.3 is 0 Å². The molecule has 3 N–H and O–H groups in total.